The number of aromatic nitrogens is 1. The first kappa shape index (κ1) is 16.4. The lowest BCUT2D eigenvalue weighted by atomic mass is 9.92. The number of hydrogen-bond donors (Lipinski definition) is 3. The summed E-state index contributed by atoms with van der Waals surface area (Å²) in [6.07, 6.45) is 1.58. The Labute approximate surface area is 144 Å². The van der Waals surface area contributed by atoms with E-state index < -0.39 is 17.7 Å². The lowest BCUT2D eigenvalue weighted by molar-refractivity contribution is -0.130. The highest BCUT2D eigenvalue weighted by atomic mass is 16.2. The number of pyridine rings is 1. The zero-order chi connectivity index (χ0) is 17.8. The minimum atomic E-state index is -1.06. The van der Waals surface area contributed by atoms with Crippen LogP contribution in [0, 0.1) is 0 Å². The normalized spacial score (nSPS) is 11.8. The second kappa shape index (κ2) is 7.00. The Hall–Kier alpha value is -3.41. The van der Waals surface area contributed by atoms with Crippen LogP contribution in [0.4, 0.5) is 5.82 Å². The predicted molar refractivity (Wildman–Crippen MR) is 96.4 cm³/mol. The average molecular weight is 334 g/mol. The summed E-state index contributed by atoms with van der Waals surface area (Å²) in [4.78, 5) is 28.6. The Balaban J connectivity index is 1.86. The number of fused-ring (bicyclic) bond motifs is 1. The van der Waals surface area contributed by atoms with E-state index in [0.29, 0.717) is 11.4 Å². The zero-order valence-electron chi connectivity index (χ0n) is 13.5. The number of nitrogens with two attached hydrogens (primary N) is 2. The molecule has 0 fully saturated rings. The number of carbonyl (C=O) groups is 2. The zero-order valence-corrected chi connectivity index (χ0v) is 13.5. The summed E-state index contributed by atoms with van der Waals surface area (Å²) in [5, 5.41) is 4.52. The maximum absolute atomic E-state index is 12.6. The number of amides is 2. The molecule has 0 saturated carbocycles. The molecular formula is C19H18N4O2. The quantitative estimate of drug-likeness (QED) is 0.617. The Morgan fingerprint density at radius 3 is 2.52 bits per heavy atom. The largest absolute Gasteiger partial charge is 0.384 e. The van der Waals surface area contributed by atoms with Crippen molar-refractivity contribution < 1.29 is 9.59 Å². The van der Waals surface area contributed by atoms with Crippen molar-refractivity contribution in [3.05, 3.63) is 71.9 Å². The van der Waals surface area contributed by atoms with Crippen LogP contribution in [0.5, 0.6) is 0 Å². The van der Waals surface area contributed by atoms with Gasteiger partial charge in [0.25, 0.3) is 0 Å². The molecule has 0 spiro atoms. The van der Waals surface area contributed by atoms with Crippen molar-refractivity contribution in [1.29, 1.82) is 0 Å². The number of anilines is 1. The van der Waals surface area contributed by atoms with Crippen molar-refractivity contribution in [3.8, 4) is 0 Å². The third-order valence-corrected chi connectivity index (χ3v) is 4.00. The number of primary amides is 1. The van der Waals surface area contributed by atoms with E-state index in [1.165, 1.54) is 0 Å². The van der Waals surface area contributed by atoms with Crippen LogP contribution in [0.3, 0.4) is 0 Å². The second-order valence-electron chi connectivity index (χ2n) is 5.71. The van der Waals surface area contributed by atoms with E-state index in [1.54, 1.807) is 24.4 Å². The van der Waals surface area contributed by atoms with E-state index in [4.69, 9.17) is 11.5 Å². The summed E-state index contributed by atoms with van der Waals surface area (Å²) in [7, 11) is 0. The van der Waals surface area contributed by atoms with Gasteiger partial charge in [0.15, 0.2) is 0 Å². The monoisotopic (exact) mass is 334 g/mol. The molecule has 0 aliphatic carbocycles. The number of hydrogen-bond acceptors (Lipinski definition) is 4. The van der Waals surface area contributed by atoms with E-state index in [0.717, 1.165) is 16.3 Å². The fourth-order valence-corrected chi connectivity index (χ4v) is 2.76. The lowest BCUT2D eigenvalue weighted by Gasteiger charge is -2.16. The molecule has 1 atom stereocenters. The third kappa shape index (κ3) is 3.58. The number of nitrogens with zero attached hydrogens (tertiary/aromatic N) is 1. The van der Waals surface area contributed by atoms with Gasteiger partial charge in [0, 0.05) is 12.7 Å². The molecule has 0 aliphatic heterocycles. The van der Waals surface area contributed by atoms with E-state index in [-0.39, 0.29) is 6.54 Å². The molecule has 0 unspecified atom stereocenters. The Bertz CT molecular complexity index is 917. The molecule has 0 aliphatic rings. The standard InChI is InChI=1S/C19H18N4O2/c20-16-9-8-12(10-22-16)11-23-19(25)17(18(21)24)15-7-3-5-13-4-1-2-6-14(13)15/h1-10,17H,11H2,(H2,20,22)(H2,21,24)(H,23,25)/t17-/m0/s1. The summed E-state index contributed by atoms with van der Waals surface area (Å²) in [5.74, 6) is -1.79. The highest BCUT2D eigenvalue weighted by Crippen LogP contribution is 2.26. The maximum atomic E-state index is 12.6. The molecular weight excluding hydrogens is 316 g/mol. The molecule has 6 nitrogen and oxygen atoms in total. The van der Waals surface area contributed by atoms with Gasteiger partial charge in [-0.1, -0.05) is 48.5 Å². The molecule has 6 heteroatoms. The molecule has 0 saturated heterocycles. The van der Waals surface area contributed by atoms with Crippen molar-refractivity contribution in [2.45, 2.75) is 12.5 Å². The first-order valence-electron chi connectivity index (χ1n) is 7.81. The topological polar surface area (TPSA) is 111 Å². The molecule has 3 aromatic rings. The number of nitrogens with one attached hydrogen (secondary N) is 1. The van der Waals surface area contributed by atoms with Crippen LogP contribution in [-0.2, 0) is 16.1 Å². The highest BCUT2D eigenvalue weighted by molar-refractivity contribution is 6.08. The summed E-state index contributed by atoms with van der Waals surface area (Å²) in [6, 6.07) is 16.5. The van der Waals surface area contributed by atoms with Gasteiger partial charge in [-0.25, -0.2) is 4.98 Å². The van der Waals surface area contributed by atoms with Crippen LogP contribution >= 0.6 is 0 Å². The van der Waals surface area contributed by atoms with Crippen LogP contribution in [0.15, 0.2) is 60.8 Å². The molecule has 126 valence electrons. The van der Waals surface area contributed by atoms with Gasteiger partial charge < -0.3 is 16.8 Å². The molecule has 2 amide bonds. The Kier molecular flexibility index (Phi) is 4.61. The van der Waals surface area contributed by atoms with Crippen molar-refractivity contribution in [2.75, 3.05) is 5.73 Å². The number of nitrogen functional groups attached to an aromatic ring is 1. The van der Waals surface area contributed by atoms with E-state index in [2.05, 4.69) is 10.3 Å². The molecule has 1 aromatic heterocycles. The SMILES string of the molecule is NC(=O)[C@@H](C(=O)NCc1ccc(N)nc1)c1cccc2ccccc12. The summed E-state index contributed by atoms with van der Waals surface area (Å²) >= 11 is 0. The summed E-state index contributed by atoms with van der Waals surface area (Å²) in [5.41, 5.74) is 12.4. The number of carbonyl (C=O) groups excluding carboxylic acids is 2. The van der Waals surface area contributed by atoms with Crippen LogP contribution in [0.25, 0.3) is 10.8 Å². The molecule has 25 heavy (non-hydrogen) atoms. The fourth-order valence-electron chi connectivity index (χ4n) is 2.76. The van der Waals surface area contributed by atoms with E-state index in [9.17, 15) is 9.59 Å². The van der Waals surface area contributed by atoms with E-state index in [1.807, 2.05) is 36.4 Å². The molecule has 5 N–H and O–H groups in total. The third-order valence-electron chi connectivity index (χ3n) is 4.00. The first-order chi connectivity index (χ1) is 12.1. The average Bonchev–Trinajstić information content (AvgIpc) is 2.61. The van der Waals surface area contributed by atoms with Gasteiger partial charge in [-0.3, -0.25) is 9.59 Å². The number of benzene rings is 2. The smallest absolute Gasteiger partial charge is 0.237 e. The minimum absolute atomic E-state index is 0.237. The Morgan fingerprint density at radius 1 is 1.04 bits per heavy atom. The van der Waals surface area contributed by atoms with Crippen molar-refractivity contribution in [3.63, 3.8) is 0 Å². The Morgan fingerprint density at radius 2 is 1.80 bits per heavy atom. The maximum Gasteiger partial charge on any atom is 0.237 e. The van der Waals surface area contributed by atoms with Crippen LogP contribution in [0.1, 0.15) is 17.0 Å². The van der Waals surface area contributed by atoms with Crippen LogP contribution in [0.2, 0.25) is 0 Å². The second-order valence-corrected chi connectivity index (χ2v) is 5.71. The van der Waals surface area contributed by atoms with Crippen molar-refractivity contribution in [1.82, 2.24) is 10.3 Å². The fraction of sp³-hybridized carbons (Fsp3) is 0.105. The molecule has 0 bridgehead atoms. The highest BCUT2D eigenvalue weighted by Gasteiger charge is 2.27. The summed E-state index contributed by atoms with van der Waals surface area (Å²) in [6.45, 7) is 0.237. The van der Waals surface area contributed by atoms with Gasteiger partial charge >= 0.3 is 0 Å². The van der Waals surface area contributed by atoms with E-state index >= 15 is 0 Å². The summed E-state index contributed by atoms with van der Waals surface area (Å²) < 4.78 is 0. The molecule has 1 heterocycles. The van der Waals surface area contributed by atoms with Crippen molar-refractivity contribution in [2.24, 2.45) is 5.73 Å². The van der Waals surface area contributed by atoms with Gasteiger partial charge in [0.1, 0.15) is 11.7 Å². The first-order valence-corrected chi connectivity index (χ1v) is 7.81. The van der Waals surface area contributed by atoms with Crippen LogP contribution < -0.4 is 16.8 Å². The molecule has 0 radical (unpaired) electrons. The predicted octanol–water partition coefficient (Wildman–Crippen LogP) is 1.70. The van der Waals surface area contributed by atoms with Gasteiger partial charge in [-0.15, -0.1) is 0 Å². The van der Waals surface area contributed by atoms with Gasteiger partial charge in [-0.05, 0) is 28.0 Å². The minimum Gasteiger partial charge on any atom is -0.384 e. The van der Waals surface area contributed by atoms with Crippen LogP contribution in [-0.4, -0.2) is 16.8 Å². The molecule has 2 aromatic carbocycles. The van der Waals surface area contributed by atoms with Gasteiger partial charge in [0.05, 0.1) is 0 Å². The molecule has 3 rings (SSSR count). The van der Waals surface area contributed by atoms with Crippen molar-refractivity contribution >= 4 is 28.4 Å². The van der Waals surface area contributed by atoms with Gasteiger partial charge in [-0.2, -0.15) is 0 Å². The lowest BCUT2D eigenvalue weighted by Crippen LogP contribution is -2.36. The van der Waals surface area contributed by atoms with Gasteiger partial charge in [0.2, 0.25) is 11.8 Å². The number of rotatable bonds is 5.